The Kier molecular flexibility index (Phi) is 6.05. The molecule has 0 spiro atoms. The molecule has 0 unspecified atom stereocenters. The fourth-order valence-corrected chi connectivity index (χ4v) is 4.76. The minimum absolute atomic E-state index is 0.168. The van der Waals surface area contributed by atoms with Gasteiger partial charge in [-0.05, 0) is 83.6 Å². The van der Waals surface area contributed by atoms with E-state index in [1.807, 2.05) is 66.7 Å². The van der Waals surface area contributed by atoms with Crippen molar-refractivity contribution in [2.24, 2.45) is 15.7 Å². The van der Waals surface area contributed by atoms with Gasteiger partial charge in [-0.25, -0.2) is 0 Å². The van der Waals surface area contributed by atoms with Crippen molar-refractivity contribution >= 4 is 45.6 Å². The monoisotopic (exact) mass is 502 g/mol. The maximum atomic E-state index is 14.0. The highest BCUT2D eigenvalue weighted by atomic mass is 16.2. The highest BCUT2D eigenvalue weighted by molar-refractivity contribution is 6.13. The van der Waals surface area contributed by atoms with Crippen LogP contribution in [0, 0.1) is 0 Å². The minimum Gasteiger partial charge on any atom is -0.368 e. The Morgan fingerprint density at radius 1 is 0.658 bits per heavy atom. The van der Waals surface area contributed by atoms with Gasteiger partial charge < -0.3 is 16.4 Å². The Balaban J connectivity index is 1.38. The Hall–Kier alpha value is -4.98. The van der Waals surface area contributed by atoms with E-state index in [1.54, 1.807) is 23.1 Å². The second kappa shape index (κ2) is 9.82. The van der Waals surface area contributed by atoms with Gasteiger partial charge in [-0.1, -0.05) is 12.1 Å². The van der Waals surface area contributed by atoms with E-state index in [9.17, 15) is 9.59 Å². The molecule has 2 amide bonds. The van der Waals surface area contributed by atoms with E-state index in [2.05, 4.69) is 20.6 Å². The highest BCUT2D eigenvalue weighted by Gasteiger charge is 2.22. The molecule has 4 aromatic rings. The molecule has 4 aromatic carbocycles. The number of anilines is 2. The molecule has 2 aliphatic rings. The van der Waals surface area contributed by atoms with Gasteiger partial charge in [0, 0.05) is 46.7 Å². The van der Waals surface area contributed by atoms with Crippen LogP contribution in [0.1, 0.15) is 31.8 Å². The molecular weight excluding hydrogens is 476 g/mol. The Labute approximate surface area is 219 Å². The van der Waals surface area contributed by atoms with Gasteiger partial charge in [0.05, 0.1) is 13.1 Å². The third-order valence-electron chi connectivity index (χ3n) is 6.72. The van der Waals surface area contributed by atoms with Gasteiger partial charge in [0.25, 0.3) is 5.91 Å². The molecule has 2 heterocycles. The van der Waals surface area contributed by atoms with Crippen molar-refractivity contribution in [3.63, 3.8) is 0 Å². The summed E-state index contributed by atoms with van der Waals surface area (Å²) in [5.41, 5.74) is 9.84. The van der Waals surface area contributed by atoms with E-state index in [0.717, 1.165) is 71.1 Å². The average molecular weight is 503 g/mol. The maximum absolute atomic E-state index is 14.0. The quantitative estimate of drug-likeness (QED) is 0.374. The molecule has 0 saturated carbocycles. The first kappa shape index (κ1) is 23.4. The molecule has 4 N–H and O–H groups in total. The van der Waals surface area contributed by atoms with Crippen LogP contribution in [0.3, 0.4) is 0 Å². The average Bonchev–Trinajstić information content (AvgIpc) is 3.69. The van der Waals surface area contributed by atoms with Gasteiger partial charge >= 0.3 is 0 Å². The summed E-state index contributed by atoms with van der Waals surface area (Å²) in [6.07, 6.45) is 0. The first-order valence-corrected chi connectivity index (χ1v) is 12.5. The zero-order valence-corrected chi connectivity index (χ0v) is 20.6. The van der Waals surface area contributed by atoms with Gasteiger partial charge in [0.2, 0.25) is 5.91 Å². The second-order valence-corrected chi connectivity index (χ2v) is 9.19. The molecule has 8 heteroatoms. The number of hydrogen-bond acceptors (Lipinski definition) is 6. The van der Waals surface area contributed by atoms with Gasteiger partial charge in [-0.3, -0.25) is 24.5 Å². The molecule has 0 bridgehead atoms. The van der Waals surface area contributed by atoms with Crippen LogP contribution >= 0.6 is 0 Å². The van der Waals surface area contributed by atoms with Crippen LogP contribution in [-0.4, -0.2) is 49.7 Å². The number of nitrogens with two attached hydrogens (primary N) is 1. The number of benzene rings is 4. The molecular formula is C30H26N6O2. The standard InChI is InChI=1S/C30H26N6O2/c31-27(37)23-3-1-22-18-24(4-2-21(22)17-23)30(38)36(25-9-5-19(6-10-25)28-32-13-14-33-28)26-11-7-20(8-12-26)29-34-15-16-35-29/h1-12,17-18H,13-16H2,(H2,31,37)(H,32,33)(H,34,35). The van der Waals surface area contributed by atoms with Crippen LogP contribution in [-0.2, 0) is 0 Å². The molecule has 0 saturated heterocycles. The normalized spacial score (nSPS) is 14.4. The molecule has 8 nitrogen and oxygen atoms in total. The van der Waals surface area contributed by atoms with Gasteiger partial charge in [0.15, 0.2) is 0 Å². The SMILES string of the molecule is NC(=O)c1ccc2cc(C(=O)N(c3ccc(C4=NCCN4)cc3)c3ccc(C4=NCCN4)cc3)ccc2c1. The number of hydrogen-bond donors (Lipinski definition) is 3. The molecule has 0 aliphatic carbocycles. The van der Waals surface area contributed by atoms with Crippen molar-refractivity contribution in [2.75, 3.05) is 31.1 Å². The van der Waals surface area contributed by atoms with E-state index in [4.69, 9.17) is 5.73 Å². The van der Waals surface area contributed by atoms with Crippen LogP contribution in [0.15, 0.2) is 94.9 Å². The van der Waals surface area contributed by atoms with E-state index in [0.29, 0.717) is 11.1 Å². The molecule has 0 aromatic heterocycles. The summed E-state index contributed by atoms with van der Waals surface area (Å²) in [7, 11) is 0. The predicted octanol–water partition coefficient (Wildman–Crippen LogP) is 3.62. The number of carbonyl (C=O) groups is 2. The van der Waals surface area contributed by atoms with E-state index < -0.39 is 5.91 Å². The lowest BCUT2D eigenvalue weighted by atomic mass is 10.0. The second-order valence-electron chi connectivity index (χ2n) is 9.19. The van der Waals surface area contributed by atoms with Crippen LogP contribution in [0.25, 0.3) is 10.8 Å². The largest absolute Gasteiger partial charge is 0.368 e. The first-order chi connectivity index (χ1) is 18.6. The van der Waals surface area contributed by atoms with Crippen LogP contribution < -0.4 is 21.3 Å². The third-order valence-corrected chi connectivity index (χ3v) is 6.72. The van der Waals surface area contributed by atoms with Crippen molar-refractivity contribution < 1.29 is 9.59 Å². The minimum atomic E-state index is -0.484. The molecule has 38 heavy (non-hydrogen) atoms. The fraction of sp³-hybridized carbons (Fsp3) is 0.133. The number of carbonyl (C=O) groups excluding carboxylic acids is 2. The summed E-state index contributed by atoms with van der Waals surface area (Å²) < 4.78 is 0. The molecule has 6 rings (SSSR count). The summed E-state index contributed by atoms with van der Waals surface area (Å²) in [6.45, 7) is 3.18. The van der Waals surface area contributed by atoms with Crippen LogP contribution in [0.5, 0.6) is 0 Å². The number of rotatable bonds is 6. The number of aliphatic imine (C=N–C) groups is 2. The summed E-state index contributed by atoms with van der Waals surface area (Å²) in [4.78, 5) is 36.3. The smallest absolute Gasteiger partial charge is 0.262 e. The molecule has 0 radical (unpaired) electrons. The number of nitrogens with zero attached hydrogens (tertiary/aromatic N) is 3. The van der Waals surface area contributed by atoms with E-state index in [-0.39, 0.29) is 5.91 Å². The van der Waals surface area contributed by atoms with Gasteiger partial charge in [0.1, 0.15) is 11.7 Å². The number of amidine groups is 2. The Morgan fingerprint density at radius 3 is 1.58 bits per heavy atom. The van der Waals surface area contributed by atoms with E-state index in [1.165, 1.54) is 0 Å². The summed E-state index contributed by atoms with van der Waals surface area (Å²) >= 11 is 0. The van der Waals surface area contributed by atoms with E-state index >= 15 is 0 Å². The van der Waals surface area contributed by atoms with Crippen molar-refractivity contribution in [3.8, 4) is 0 Å². The summed E-state index contributed by atoms with van der Waals surface area (Å²) in [5, 5.41) is 8.26. The first-order valence-electron chi connectivity index (χ1n) is 12.5. The lowest BCUT2D eigenvalue weighted by Gasteiger charge is -2.24. The summed E-state index contributed by atoms with van der Waals surface area (Å²) in [5.74, 6) is 1.09. The Bertz CT molecular complexity index is 1540. The van der Waals surface area contributed by atoms with Gasteiger partial charge in [-0.15, -0.1) is 0 Å². The lowest BCUT2D eigenvalue weighted by Crippen LogP contribution is -2.26. The van der Waals surface area contributed by atoms with Crippen molar-refractivity contribution in [2.45, 2.75) is 0 Å². The summed E-state index contributed by atoms with van der Waals surface area (Å²) in [6, 6.07) is 26.3. The van der Waals surface area contributed by atoms with Crippen LogP contribution in [0.2, 0.25) is 0 Å². The number of fused-ring (bicyclic) bond motifs is 1. The maximum Gasteiger partial charge on any atom is 0.262 e. The zero-order chi connectivity index (χ0) is 26.1. The molecule has 188 valence electrons. The fourth-order valence-electron chi connectivity index (χ4n) is 4.76. The zero-order valence-electron chi connectivity index (χ0n) is 20.6. The predicted molar refractivity (Wildman–Crippen MR) is 151 cm³/mol. The number of amides is 2. The lowest BCUT2D eigenvalue weighted by molar-refractivity contribution is 0.0991. The van der Waals surface area contributed by atoms with Gasteiger partial charge in [-0.2, -0.15) is 0 Å². The number of primary amides is 1. The Morgan fingerprint density at radius 2 is 1.13 bits per heavy atom. The van der Waals surface area contributed by atoms with Crippen molar-refractivity contribution in [1.82, 2.24) is 10.6 Å². The molecule has 0 atom stereocenters. The molecule has 2 aliphatic heterocycles. The highest BCUT2D eigenvalue weighted by Crippen LogP contribution is 2.30. The van der Waals surface area contributed by atoms with Crippen molar-refractivity contribution in [1.29, 1.82) is 0 Å². The topological polar surface area (TPSA) is 112 Å². The molecule has 0 fully saturated rings. The number of nitrogens with one attached hydrogen (secondary N) is 2. The van der Waals surface area contributed by atoms with Crippen molar-refractivity contribution in [3.05, 3.63) is 107 Å². The third kappa shape index (κ3) is 4.48. The van der Waals surface area contributed by atoms with Crippen LogP contribution in [0.4, 0.5) is 11.4 Å².